The molecule has 2 aromatic heterocycles. The predicted octanol–water partition coefficient (Wildman–Crippen LogP) is 2.32. The van der Waals surface area contributed by atoms with Crippen LogP contribution in [-0.2, 0) is 9.47 Å². The highest BCUT2D eigenvalue weighted by Crippen LogP contribution is 2.40. The van der Waals surface area contributed by atoms with Gasteiger partial charge in [0.05, 0.1) is 37.7 Å². The Morgan fingerprint density at radius 1 is 1.18 bits per heavy atom. The lowest BCUT2D eigenvalue weighted by Gasteiger charge is -2.47. The molecule has 2 aromatic rings. The van der Waals surface area contributed by atoms with Crippen molar-refractivity contribution in [2.75, 3.05) is 55.0 Å². The molecule has 0 saturated carbocycles. The number of hydrogen-bond acceptors (Lipinski definition) is 9. The van der Waals surface area contributed by atoms with Gasteiger partial charge in [-0.15, -0.1) is 0 Å². The van der Waals surface area contributed by atoms with Gasteiger partial charge in [-0.3, -0.25) is 0 Å². The van der Waals surface area contributed by atoms with Crippen LogP contribution in [0.2, 0.25) is 0 Å². The molecule has 0 unspecified atom stereocenters. The third kappa shape index (κ3) is 3.82. The summed E-state index contributed by atoms with van der Waals surface area (Å²) in [6.45, 7) is 1.82. The van der Waals surface area contributed by atoms with Crippen LogP contribution in [0, 0.1) is 5.41 Å². The number of piperidine rings is 1. The van der Waals surface area contributed by atoms with Gasteiger partial charge >= 0.3 is 6.61 Å². The molecule has 0 aliphatic carbocycles. The van der Waals surface area contributed by atoms with Crippen LogP contribution in [0.4, 0.5) is 26.4 Å². The number of anilines is 3. The van der Waals surface area contributed by atoms with E-state index in [1.54, 1.807) is 0 Å². The quantitative estimate of drug-likeness (QED) is 0.721. The molecule has 1 spiro atoms. The van der Waals surface area contributed by atoms with Crippen LogP contribution >= 0.6 is 0 Å². The van der Waals surface area contributed by atoms with E-state index in [2.05, 4.69) is 19.5 Å². The molecule has 0 amide bonds. The molecule has 4 aliphatic heterocycles. The van der Waals surface area contributed by atoms with Crippen LogP contribution in [0.5, 0.6) is 5.75 Å². The Hall–Kier alpha value is -2.79. The highest BCUT2D eigenvalue weighted by Gasteiger charge is 2.42. The first-order valence-electron chi connectivity index (χ1n) is 11.3. The summed E-state index contributed by atoms with van der Waals surface area (Å²) in [5, 5.41) is 0. The molecule has 0 radical (unpaired) electrons. The summed E-state index contributed by atoms with van der Waals surface area (Å²) in [6.07, 6.45) is 4.80. The highest BCUT2D eigenvalue weighted by molar-refractivity contribution is 5.68. The maximum absolute atomic E-state index is 12.8. The zero-order valence-corrected chi connectivity index (χ0v) is 18.1. The van der Waals surface area contributed by atoms with Crippen LogP contribution in [0.3, 0.4) is 0 Å². The zero-order chi connectivity index (χ0) is 22.6. The molecule has 4 saturated heterocycles. The fourth-order valence-corrected chi connectivity index (χ4v) is 5.18. The fraction of sp³-hybridized carbons (Fsp3) is 0.591. The van der Waals surface area contributed by atoms with Crippen molar-refractivity contribution in [1.82, 2.24) is 15.0 Å². The maximum Gasteiger partial charge on any atom is 0.387 e. The second kappa shape index (κ2) is 7.91. The summed E-state index contributed by atoms with van der Waals surface area (Å²) < 4.78 is 41.4. The van der Waals surface area contributed by atoms with Gasteiger partial charge in [0.15, 0.2) is 11.6 Å². The number of nitrogens with zero attached hydrogens (tertiary/aromatic N) is 5. The Labute approximate surface area is 189 Å². The lowest BCUT2D eigenvalue weighted by atomic mass is 9.77. The van der Waals surface area contributed by atoms with Crippen molar-refractivity contribution in [3.63, 3.8) is 0 Å². The number of hydrogen-bond donors (Lipinski definition) is 1. The Kier molecular flexibility index (Phi) is 4.98. The van der Waals surface area contributed by atoms with Crippen molar-refractivity contribution in [3.05, 3.63) is 18.3 Å². The van der Waals surface area contributed by atoms with E-state index in [1.165, 1.54) is 12.3 Å². The van der Waals surface area contributed by atoms with Crippen molar-refractivity contribution in [2.24, 2.45) is 5.41 Å². The first-order valence-corrected chi connectivity index (χ1v) is 11.3. The number of aromatic nitrogens is 3. The molecule has 0 aromatic carbocycles. The predicted molar refractivity (Wildman–Crippen MR) is 116 cm³/mol. The van der Waals surface area contributed by atoms with Gasteiger partial charge in [0.25, 0.3) is 0 Å². The monoisotopic (exact) mass is 460 g/mol. The zero-order valence-electron chi connectivity index (χ0n) is 18.1. The van der Waals surface area contributed by atoms with E-state index in [-0.39, 0.29) is 23.7 Å². The summed E-state index contributed by atoms with van der Waals surface area (Å²) in [5.41, 5.74) is 7.17. The smallest absolute Gasteiger partial charge is 0.387 e. The molecule has 4 fully saturated rings. The molecule has 2 atom stereocenters. The molecule has 6 rings (SSSR count). The second-order valence-electron chi connectivity index (χ2n) is 9.37. The van der Waals surface area contributed by atoms with Gasteiger partial charge in [-0.1, -0.05) is 0 Å². The van der Waals surface area contributed by atoms with Crippen molar-refractivity contribution >= 4 is 17.6 Å². The van der Waals surface area contributed by atoms with Crippen molar-refractivity contribution in [3.8, 4) is 17.0 Å². The molecule has 11 heteroatoms. The van der Waals surface area contributed by atoms with Crippen LogP contribution in [0.15, 0.2) is 18.3 Å². The number of pyridine rings is 1. The normalized spacial score (nSPS) is 25.7. The first kappa shape index (κ1) is 20.8. The minimum atomic E-state index is -2.99. The van der Waals surface area contributed by atoms with Crippen LogP contribution < -0.4 is 20.3 Å². The number of nitrogen functional groups attached to an aromatic ring is 1. The van der Waals surface area contributed by atoms with Gasteiger partial charge in [-0.2, -0.15) is 13.8 Å². The van der Waals surface area contributed by atoms with E-state index in [4.69, 9.17) is 25.2 Å². The minimum absolute atomic E-state index is 0.0911. The summed E-state index contributed by atoms with van der Waals surface area (Å²) in [6, 6.07) is 3.62. The number of ether oxygens (including phenoxy) is 3. The molecule has 33 heavy (non-hydrogen) atoms. The van der Waals surface area contributed by atoms with Crippen molar-refractivity contribution in [1.29, 1.82) is 0 Å². The van der Waals surface area contributed by atoms with E-state index >= 15 is 0 Å². The first-order chi connectivity index (χ1) is 16.0. The van der Waals surface area contributed by atoms with E-state index in [0.717, 1.165) is 57.9 Å². The number of alkyl halides is 2. The van der Waals surface area contributed by atoms with Gasteiger partial charge in [0.2, 0.25) is 5.95 Å². The van der Waals surface area contributed by atoms with Gasteiger partial charge in [0, 0.05) is 42.9 Å². The summed E-state index contributed by atoms with van der Waals surface area (Å²) in [5.74, 6) is 1.19. The van der Waals surface area contributed by atoms with E-state index in [9.17, 15) is 8.78 Å². The third-order valence-corrected chi connectivity index (χ3v) is 7.21. The van der Waals surface area contributed by atoms with E-state index in [1.807, 2.05) is 6.07 Å². The van der Waals surface area contributed by atoms with Crippen molar-refractivity contribution < 1.29 is 23.0 Å². The topological polar surface area (TPSA) is 98.9 Å². The molecular weight excluding hydrogens is 434 g/mol. The van der Waals surface area contributed by atoms with Gasteiger partial charge in [-0.05, 0) is 25.3 Å². The Bertz CT molecular complexity index is 1040. The molecular formula is C22H26F2N6O3. The average Bonchev–Trinajstić information content (AvgIpc) is 3.43. The van der Waals surface area contributed by atoms with Gasteiger partial charge in [0.1, 0.15) is 5.82 Å². The van der Waals surface area contributed by atoms with Crippen molar-refractivity contribution in [2.45, 2.75) is 38.0 Å². The number of halogens is 2. The second-order valence-corrected chi connectivity index (χ2v) is 9.37. The minimum Gasteiger partial charge on any atom is -0.431 e. The van der Waals surface area contributed by atoms with Crippen LogP contribution in [0.25, 0.3) is 11.3 Å². The highest BCUT2D eigenvalue weighted by atomic mass is 19.3. The van der Waals surface area contributed by atoms with E-state index < -0.39 is 6.61 Å². The molecule has 2 N–H and O–H groups in total. The van der Waals surface area contributed by atoms with Crippen LogP contribution in [0.1, 0.15) is 19.3 Å². The fourth-order valence-electron chi connectivity index (χ4n) is 5.18. The van der Waals surface area contributed by atoms with E-state index in [0.29, 0.717) is 29.2 Å². The molecule has 2 bridgehead atoms. The van der Waals surface area contributed by atoms with Gasteiger partial charge in [-0.25, -0.2) is 9.97 Å². The third-order valence-electron chi connectivity index (χ3n) is 7.21. The molecule has 4 aliphatic rings. The standard InChI is InChI=1S/C22H26F2N6O3/c23-20(24)33-17-5-13(8-26-19(17)25)16-7-18(30-9-15-6-14(30)10-32-15)28-21(27-16)29-3-1-22(2-4-29)11-31-12-22/h5,7-8,14-15,20H,1-4,6,9-12H2,(H2,25,26)/t14-,15-/m0/s1. The Balaban J connectivity index is 1.35. The molecule has 176 valence electrons. The SMILES string of the molecule is Nc1ncc(-c2cc(N3C[C@@H]4C[C@H]3CO4)nc(N3CCC4(CC3)COC4)n2)cc1OC(F)F. The van der Waals surface area contributed by atoms with Gasteiger partial charge < -0.3 is 29.7 Å². The Morgan fingerprint density at radius 3 is 2.64 bits per heavy atom. The number of nitrogens with two attached hydrogens (primary N) is 1. The maximum atomic E-state index is 12.8. The number of fused-ring (bicyclic) bond motifs is 2. The lowest BCUT2D eigenvalue weighted by Crippen LogP contribution is -2.51. The molecule has 6 heterocycles. The largest absolute Gasteiger partial charge is 0.431 e. The number of morpholine rings is 1. The van der Waals surface area contributed by atoms with Crippen LogP contribution in [-0.4, -0.2) is 73.2 Å². The lowest BCUT2D eigenvalue weighted by molar-refractivity contribution is -0.124. The Morgan fingerprint density at radius 2 is 2.00 bits per heavy atom. The summed E-state index contributed by atoms with van der Waals surface area (Å²) in [7, 11) is 0. The summed E-state index contributed by atoms with van der Waals surface area (Å²) in [4.78, 5) is 18.2. The average molecular weight is 460 g/mol. The summed E-state index contributed by atoms with van der Waals surface area (Å²) >= 11 is 0. The molecule has 9 nitrogen and oxygen atoms in total. The number of rotatable bonds is 5.